The first-order chi connectivity index (χ1) is 10.0. The fourth-order valence-corrected chi connectivity index (χ4v) is 4.64. The number of unbranched alkanes of at least 4 members (excludes halogenated alkanes) is 3. The Morgan fingerprint density at radius 1 is 1.10 bits per heavy atom. The van der Waals surface area contributed by atoms with Crippen molar-refractivity contribution >= 4 is 10.0 Å². The van der Waals surface area contributed by atoms with Crippen LogP contribution in [0.1, 0.15) is 44.6 Å². The quantitative estimate of drug-likeness (QED) is 0.593. The standard InChI is InChI=1S/C16H25NO3S/c1-3-4-5-6-7-15-16(12-18)17(15)21(19,20)14-10-8-13(2)9-11-14/h8-11,15-16,18H,3-7,12H2,1-2H3/t15?,16-,17?/m1/s1. The van der Waals surface area contributed by atoms with Gasteiger partial charge < -0.3 is 5.11 Å². The third-order valence-corrected chi connectivity index (χ3v) is 6.11. The second kappa shape index (κ2) is 6.90. The lowest BCUT2D eigenvalue weighted by Crippen LogP contribution is -2.17. The van der Waals surface area contributed by atoms with Crippen LogP contribution < -0.4 is 0 Å². The summed E-state index contributed by atoms with van der Waals surface area (Å²) in [7, 11) is -3.46. The average Bonchev–Trinajstić information content (AvgIpc) is 3.18. The Morgan fingerprint density at radius 2 is 1.76 bits per heavy atom. The van der Waals surface area contributed by atoms with E-state index in [0.29, 0.717) is 4.90 Å². The number of hydrogen-bond donors (Lipinski definition) is 1. The average molecular weight is 311 g/mol. The smallest absolute Gasteiger partial charge is 0.243 e. The summed E-state index contributed by atoms with van der Waals surface area (Å²) in [4.78, 5) is 0.322. The summed E-state index contributed by atoms with van der Waals surface area (Å²) in [6.07, 6.45) is 5.34. The predicted molar refractivity (Wildman–Crippen MR) is 83.6 cm³/mol. The number of hydrogen-bond acceptors (Lipinski definition) is 3. The molecule has 1 heterocycles. The molecule has 1 saturated heterocycles. The van der Waals surface area contributed by atoms with Gasteiger partial charge >= 0.3 is 0 Å². The SMILES string of the molecule is CCCCCCC1[C@@H](CO)N1S(=O)(=O)c1ccc(C)cc1. The molecular formula is C16H25NO3S. The Kier molecular flexibility index (Phi) is 5.41. The number of aryl methyl sites for hydroxylation is 1. The van der Waals surface area contributed by atoms with Crippen LogP contribution in [0, 0.1) is 6.92 Å². The van der Waals surface area contributed by atoms with E-state index < -0.39 is 10.0 Å². The van der Waals surface area contributed by atoms with E-state index in [2.05, 4.69) is 6.92 Å². The van der Waals surface area contributed by atoms with E-state index in [1.807, 2.05) is 6.92 Å². The minimum absolute atomic E-state index is 0.0295. The van der Waals surface area contributed by atoms with Crippen LogP contribution in [-0.2, 0) is 10.0 Å². The first-order valence-electron chi connectivity index (χ1n) is 7.73. The van der Waals surface area contributed by atoms with Crippen LogP contribution in [0.15, 0.2) is 29.2 Å². The number of aliphatic hydroxyl groups is 1. The maximum atomic E-state index is 12.6. The highest BCUT2D eigenvalue weighted by Gasteiger charge is 2.54. The van der Waals surface area contributed by atoms with Crippen molar-refractivity contribution in [1.29, 1.82) is 0 Å². The van der Waals surface area contributed by atoms with Gasteiger partial charge in [-0.1, -0.05) is 50.3 Å². The lowest BCUT2D eigenvalue weighted by Gasteiger charge is -2.07. The van der Waals surface area contributed by atoms with Gasteiger partial charge in [-0.2, -0.15) is 4.31 Å². The number of benzene rings is 1. The minimum atomic E-state index is -3.46. The van der Waals surface area contributed by atoms with Crippen LogP contribution >= 0.6 is 0 Å². The summed E-state index contributed by atoms with van der Waals surface area (Å²) >= 11 is 0. The number of rotatable bonds is 8. The lowest BCUT2D eigenvalue weighted by molar-refractivity contribution is 0.286. The van der Waals surface area contributed by atoms with Gasteiger partial charge in [-0.05, 0) is 25.5 Å². The van der Waals surface area contributed by atoms with Gasteiger partial charge in [0.2, 0.25) is 10.0 Å². The molecule has 1 N–H and O–H groups in total. The third kappa shape index (κ3) is 3.65. The fourth-order valence-electron chi connectivity index (χ4n) is 2.80. The van der Waals surface area contributed by atoms with Crippen molar-refractivity contribution in [3.05, 3.63) is 29.8 Å². The van der Waals surface area contributed by atoms with E-state index in [1.54, 1.807) is 24.3 Å². The molecule has 118 valence electrons. The van der Waals surface area contributed by atoms with Crippen molar-refractivity contribution < 1.29 is 13.5 Å². The third-order valence-electron chi connectivity index (χ3n) is 4.15. The summed E-state index contributed by atoms with van der Waals surface area (Å²) in [6, 6.07) is 6.63. The van der Waals surface area contributed by atoms with Gasteiger partial charge in [0, 0.05) is 6.04 Å². The van der Waals surface area contributed by atoms with E-state index in [0.717, 1.165) is 24.8 Å². The van der Waals surface area contributed by atoms with Crippen molar-refractivity contribution in [2.45, 2.75) is 62.9 Å². The molecule has 21 heavy (non-hydrogen) atoms. The van der Waals surface area contributed by atoms with Crippen LogP contribution in [0.2, 0.25) is 0 Å². The summed E-state index contributed by atoms with van der Waals surface area (Å²) < 4.78 is 26.7. The Balaban J connectivity index is 2.04. The minimum Gasteiger partial charge on any atom is -0.395 e. The van der Waals surface area contributed by atoms with E-state index >= 15 is 0 Å². The topological polar surface area (TPSA) is 57.4 Å². The number of sulfonamides is 1. The normalized spacial score (nSPS) is 25.0. The molecule has 1 aromatic carbocycles. The summed E-state index contributed by atoms with van der Waals surface area (Å²) in [5, 5.41) is 9.40. The number of aliphatic hydroxyl groups excluding tert-OH is 1. The van der Waals surface area contributed by atoms with Crippen molar-refractivity contribution in [2.75, 3.05) is 6.61 Å². The van der Waals surface area contributed by atoms with Crippen molar-refractivity contribution in [2.24, 2.45) is 0 Å². The molecule has 0 aliphatic carbocycles. The molecule has 0 saturated carbocycles. The van der Waals surface area contributed by atoms with Crippen LogP contribution in [0.4, 0.5) is 0 Å². The summed E-state index contributed by atoms with van der Waals surface area (Å²) in [6.45, 7) is 3.99. The van der Waals surface area contributed by atoms with Crippen LogP contribution in [0.5, 0.6) is 0 Å². The van der Waals surface area contributed by atoms with Crippen LogP contribution in [0.25, 0.3) is 0 Å². The van der Waals surface area contributed by atoms with E-state index in [1.165, 1.54) is 17.1 Å². The van der Waals surface area contributed by atoms with Gasteiger partial charge in [0.25, 0.3) is 0 Å². The molecular weight excluding hydrogens is 286 g/mol. The van der Waals surface area contributed by atoms with Gasteiger partial charge in [0.1, 0.15) is 0 Å². The monoisotopic (exact) mass is 311 g/mol. The zero-order chi connectivity index (χ0) is 15.5. The maximum absolute atomic E-state index is 12.6. The second-order valence-electron chi connectivity index (χ2n) is 5.81. The zero-order valence-electron chi connectivity index (χ0n) is 12.8. The molecule has 0 aromatic heterocycles. The highest BCUT2D eigenvalue weighted by atomic mass is 32.2. The molecule has 4 nitrogen and oxygen atoms in total. The molecule has 1 aromatic rings. The Bertz CT molecular complexity index is 553. The summed E-state index contributed by atoms with van der Waals surface area (Å²) in [5.41, 5.74) is 1.04. The number of nitrogens with zero attached hydrogens (tertiary/aromatic N) is 1. The Labute approximate surface area is 127 Å². The van der Waals surface area contributed by atoms with E-state index in [-0.39, 0.29) is 18.7 Å². The second-order valence-corrected chi connectivity index (χ2v) is 7.66. The molecule has 1 aliphatic rings. The predicted octanol–water partition coefficient (Wildman–Crippen LogP) is 2.70. The van der Waals surface area contributed by atoms with Gasteiger partial charge in [-0.25, -0.2) is 8.42 Å². The zero-order valence-corrected chi connectivity index (χ0v) is 13.6. The first kappa shape index (κ1) is 16.5. The largest absolute Gasteiger partial charge is 0.395 e. The van der Waals surface area contributed by atoms with Gasteiger partial charge in [-0.3, -0.25) is 0 Å². The van der Waals surface area contributed by atoms with Crippen molar-refractivity contribution in [1.82, 2.24) is 4.31 Å². The molecule has 2 unspecified atom stereocenters. The molecule has 5 heteroatoms. The van der Waals surface area contributed by atoms with Crippen LogP contribution in [0.3, 0.4) is 0 Å². The molecule has 2 rings (SSSR count). The maximum Gasteiger partial charge on any atom is 0.243 e. The first-order valence-corrected chi connectivity index (χ1v) is 9.17. The highest BCUT2D eigenvalue weighted by Crippen LogP contribution is 2.38. The molecule has 1 fully saturated rings. The Hall–Kier alpha value is -0.910. The molecule has 0 amide bonds. The molecule has 3 atom stereocenters. The van der Waals surface area contributed by atoms with E-state index in [4.69, 9.17) is 0 Å². The van der Waals surface area contributed by atoms with Gasteiger partial charge in [-0.15, -0.1) is 0 Å². The molecule has 1 aliphatic heterocycles. The summed E-state index contributed by atoms with van der Waals surface area (Å²) in [5.74, 6) is 0. The van der Waals surface area contributed by atoms with Crippen molar-refractivity contribution in [3.8, 4) is 0 Å². The molecule has 0 radical (unpaired) electrons. The molecule has 0 spiro atoms. The molecule has 0 bridgehead atoms. The van der Waals surface area contributed by atoms with Crippen LogP contribution in [-0.4, -0.2) is 36.5 Å². The Morgan fingerprint density at radius 3 is 2.33 bits per heavy atom. The highest BCUT2D eigenvalue weighted by molar-refractivity contribution is 7.89. The van der Waals surface area contributed by atoms with Gasteiger partial charge in [0.05, 0.1) is 17.5 Å². The fraction of sp³-hybridized carbons (Fsp3) is 0.625. The van der Waals surface area contributed by atoms with Crippen molar-refractivity contribution in [3.63, 3.8) is 0 Å². The van der Waals surface area contributed by atoms with E-state index in [9.17, 15) is 13.5 Å². The van der Waals surface area contributed by atoms with Gasteiger partial charge in [0.15, 0.2) is 0 Å². The lowest BCUT2D eigenvalue weighted by atomic mass is 10.1.